The first-order valence-electron chi connectivity index (χ1n) is 10.1. The van der Waals surface area contributed by atoms with Crippen LogP contribution in [-0.2, 0) is 11.2 Å². The summed E-state index contributed by atoms with van der Waals surface area (Å²) < 4.78 is 1.70. The maximum atomic E-state index is 12.5. The molecule has 1 aliphatic carbocycles. The lowest BCUT2D eigenvalue weighted by Gasteiger charge is -2.24. The molecule has 1 aromatic heterocycles. The minimum absolute atomic E-state index is 0.0205. The summed E-state index contributed by atoms with van der Waals surface area (Å²) in [6, 6.07) is 12.9. The Hall–Kier alpha value is -2.91. The van der Waals surface area contributed by atoms with Gasteiger partial charge in [0.1, 0.15) is 6.04 Å². The van der Waals surface area contributed by atoms with Gasteiger partial charge in [0.05, 0.1) is 11.6 Å². The Morgan fingerprint density at radius 1 is 1.17 bits per heavy atom. The van der Waals surface area contributed by atoms with Crippen molar-refractivity contribution in [2.45, 2.75) is 63.6 Å². The first-order valence-corrected chi connectivity index (χ1v) is 10.1. The normalized spacial score (nSPS) is 16.4. The van der Waals surface area contributed by atoms with E-state index < -0.39 is 11.6 Å². The molecule has 0 spiro atoms. The number of carbonyl (C=O) groups excluding carboxylic acids is 1. The van der Waals surface area contributed by atoms with Gasteiger partial charge in [0.25, 0.3) is 5.56 Å². The van der Waals surface area contributed by atoms with Crippen LogP contribution in [0.15, 0.2) is 47.4 Å². The topological polar surface area (TPSA) is 101 Å². The molecule has 2 aromatic rings. The van der Waals surface area contributed by atoms with E-state index in [1.807, 2.05) is 50.4 Å². The molecule has 1 aromatic carbocycles. The molecule has 0 unspecified atom stereocenters. The molecular weight excluding hydrogens is 364 g/mol. The highest BCUT2D eigenvalue weighted by Gasteiger charge is 2.37. The van der Waals surface area contributed by atoms with Crippen molar-refractivity contribution in [1.29, 1.82) is 5.26 Å². The molecule has 3 rings (SSSR count). The van der Waals surface area contributed by atoms with E-state index >= 15 is 0 Å². The average Bonchev–Trinajstić information content (AvgIpc) is 3.16. The molecule has 1 heterocycles. The maximum absolute atomic E-state index is 12.5. The number of amides is 1. The lowest BCUT2D eigenvalue weighted by Crippen LogP contribution is -2.54. The van der Waals surface area contributed by atoms with Gasteiger partial charge in [0.15, 0.2) is 0 Å². The van der Waals surface area contributed by atoms with Gasteiger partial charge < -0.3 is 15.6 Å². The van der Waals surface area contributed by atoms with Crippen molar-refractivity contribution in [3.8, 4) is 17.2 Å². The summed E-state index contributed by atoms with van der Waals surface area (Å²) in [6.07, 6.45) is 5.53. The van der Waals surface area contributed by atoms with E-state index in [0.29, 0.717) is 19.3 Å². The molecule has 152 valence electrons. The van der Waals surface area contributed by atoms with Crippen LogP contribution < -0.4 is 16.6 Å². The van der Waals surface area contributed by atoms with Crippen LogP contribution in [-0.4, -0.2) is 22.1 Å². The standard InChI is InChI=1S/C23H28N4O2/c1-16(2)27-15-19(9-10-21(27)28)18-7-5-17(6-8-18)13-20(14-24)26-22(29)23(25)11-3-4-12-23/h5-10,15-16,20H,3-4,11-13,25H2,1-2H3,(H,26,29)/t20-/m0/s1. The highest BCUT2D eigenvalue weighted by Crippen LogP contribution is 2.27. The number of nitriles is 1. The molecule has 0 radical (unpaired) electrons. The lowest BCUT2D eigenvalue weighted by molar-refractivity contribution is -0.126. The third-order valence-corrected chi connectivity index (χ3v) is 5.63. The molecule has 6 heteroatoms. The first-order chi connectivity index (χ1) is 13.8. The van der Waals surface area contributed by atoms with Crippen molar-refractivity contribution in [2.24, 2.45) is 5.73 Å². The molecule has 1 aliphatic rings. The quantitative estimate of drug-likeness (QED) is 0.789. The lowest BCUT2D eigenvalue weighted by atomic mass is 9.96. The van der Waals surface area contributed by atoms with Gasteiger partial charge in [-0.05, 0) is 49.4 Å². The molecule has 3 N–H and O–H groups in total. The van der Waals surface area contributed by atoms with E-state index in [-0.39, 0.29) is 17.5 Å². The fourth-order valence-corrected chi connectivity index (χ4v) is 3.81. The van der Waals surface area contributed by atoms with Gasteiger partial charge in [-0.3, -0.25) is 9.59 Å². The average molecular weight is 393 g/mol. The van der Waals surface area contributed by atoms with Crippen LogP contribution in [0.1, 0.15) is 51.1 Å². The van der Waals surface area contributed by atoms with Crippen molar-refractivity contribution in [1.82, 2.24) is 9.88 Å². The van der Waals surface area contributed by atoms with Crippen LogP contribution in [0, 0.1) is 11.3 Å². The van der Waals surface area contributed by atoms with Gasteiger partial charge in [-0.15, -0.1) is 0 Å². The molecule has 1 atom stereocenters. The van der Waals surface area contributed by atoms with Crippen molar-refractivity contribution < 1.29 is 4.79 Å². The number of pyridine rings is 1. The number of nitrogens with zero attached hydrogens (tertiary/aromatic N) is 2. The Labute approximate surface area is 171 Å². The summed E-state index contributed by atoms with van der Waals surface area (Å²) in [5, 5.41) is 12.3. The summed E-state index contributed by atoms with van der Waals surface area (Å²) in [6.45, 7) is 3.95. The number of nitrogens with two attached hydrogens (primary N) is 1. The Bertz CT molecular complexity index is 964. The van der Waals surface area contributed by atoms with Crippen molar-refractivity contribution in [3.05, 3.63) is 58.5 Å². The van der Waals surface area contributed by atoms with Crippen molar-refractivity contribution >= 4 is 5.91 Å². The highest BCUT2D eigenvalue weighted by molar-refractivity contribution is 5.86. The molecule has 0 saturated heterocycles. The summed E-state index contributed by atoms with van der Waals surface area (Å²) in [5.74, 6) is -0.228. The molecule has 0 bridgehead atoms. The Balaban J connectivity index is 1.70. The van der Waals surface area contributed by atoms with E-state index in [9.17, 15) is 14.9 Å². The monoisotopic (exact) mass is 392 g/mol. The zero-order valence-corrected chi connectivity index (χ0v) is 17.0. The minimum Gasteiger partial charge on any atom is -0.338 e. The predicted molar refractivity (Wildman–Crippen MR) is 113 cm³/mol. The van der Waals surface area contributed by atoms with Gasteiger partial charge in [0, 0.05) is 24.7 Å². The molecule has 0 aliphatic heterocycles. The number of carbonyl (C=O) groups is 1. The number of hydrogen-bond donors (Lipinski definition) is 2. The highest BCUT2D eigenvalue weighted by atomic mass is 16.2. The number of hydrogen-bond acceptors (Lipinski definition) is 4. The van der Waals surface area contributed by atoms with E-state index in [4.69, 9.17) is 5.73 Å². The summed E-state index contributed by atoms with van der Waals surface area (Å²) in [7, 11) is 0. The fourth-order valence-electron chi connectivity index (χ4n) is 3.81. The van der Waals surface area contributed by atoms with Crippen molar-refractivity contribution in [3.63, 3.8) is 0 Å². The van der Waals surface area contributed by atoms with Gasteiger partial charge in [-0.1, -0.05) is 37.1 Å². The number of aromatic nitrogens is 1. The zero-order valence-electron chi connectivity index (χ0n) is 17.0. The van der Waals surface area contributed by atoms with E-state index in [0.717, 1.165) is 29.5 Å². The van der Waals surface area contributed by atoms with Crippen LogP contribution in [0.2, 0.25) is 0 Å². The molecule has 29 heavy (non-hydrogen) atoms. The fraction of sp³-hybridized carbons (Fsp3) is 0.435. The summed E-state index contributed by atoms with van der Waals surface area (Å²) >= 11 is 0. The summed E-state index contributed by atoms with van der Waals surface area (Å²) in [5.41, 5.74) is 8.23. The van der Waals surface area contributed by atoms with Crippen LogP contribution in [0.3, 0.4) is 0 Å². The van der Waals surface area contributed by atoms with Crippen LogP contribution in [0.4, 0.5) is 0 Å². The zero-order chi connectivity index (χ0) is 21.0. The van der Waals surface area contributed by atoms with E-state index in [2.05, 4.69) is 11.4 Å². The van der Waals surface area contributed by atoms with Crippen LogP contribution in [0.25, 0.3) is 11.1 Å². The van der Waals surface area contributed by atoms with Crippen molar-refractivity contribution in [2.75, 3.05) is 0 Å². The SMILES string of the molecule is CC(C)n1cc(-c2ccc(C[C@@H](C#N)NC(=O)C3(N)CCCC3)cc2)ccc1=O. The Morgan fingerprint density at radius 2 is 1.79 bits per heavy atom. The second-order valence-electron chi connectivity index (χ2n) is 8.18. The third kappa shape index (κ3) is 4.75. The van der Waals surface area contributed by atoms with E-state index in [1.54, 1.807) is 10.6 Å². The minimum atomic E-state index is -0.835. The third-order valence-electron chi connectivity index (χ3n) is 5.63. The second-order valence-corrected chi connectivity index (χ2v) is 8.18. The van der Waals surface area contributed by atoms with Crippen LogP contribution in [0.5, 0.6) is 0 Å². The number of rotatable bonds is 6. The molecular formula is C23H28N4O2. The molecule has 1 amide bonds. The summed E-state index contributed by atoms with van der Waals surface area (Å²) in [4.78, 5) is 24.4. The van der Waals surface area contributed by atoms with Gasteiger partial charge >= 0.3 is 0 Å². The van der Waals surface area contributed by atoms with Gasteiger partial charge in [-0.25, -0.2) is 0 Å². The number of benzene rings is 1. The molecule has 1 saturated carbocycles. The van der Waals surface area contributed by atoms with E-state index in [1.165, 1.54) is 0 Å². The second kappa shape index (κ2) is 8.62. The number of nitrogens with one attached hydrogen (secondary N) is 1. The van der Waals surface area contributed by atoms with Gasteiger partial charge in [0.2, 0.25) is 5.91 Å². The maximum Gasteiger partial charge on any atom is 0.250 e. The molecule has 6 nitrogen and oxygen atoms in total. The first kappa shape index (κ1) is 20.8. The Morgan fingerprint density at radius 3 is 2.38 bits per heavy atom. The van der Waals surface area contributed by atoms with Crippen LogP contribution >= 0.6 is 0 Å². The van der Waals surface area contributed by atoms with Gasteiger partial charge in [-0.2, -0.15) is 5.26 Å². The largest absolute Gasteiger partial charge is 0.338 e. The smallest absolute Gasteiger partial charge is 0.250 e. The molecule has 1 fully saturated rings. The Kier molecular flexibility index (Phi) is 6.19. The predicted octanol–water partition coefficient (Wildman–Crippen LogP) is 2.92.